The summed E-state index contributed by atoms with van der Waals surface area (Å²) in [5.74, 6) is -0.440. The summed E-state index contributed by atoms with van der Waals surface area (Å²) < 4.78 is 89.0. The van der Waals surface area contributed by atoms with Crippen LogP contribution in [0.5, 0.6) is 0 Å². The number of hydrogen-bond donors (Lipinski definition) is 2. The van der Waals surface area contributed by atoms with Crippen LogP contribution in [0.3, 0.4) is 0 Å². The third kappa shape index (κ3) is 12.5. The van der Waals surface area contributed by atoms with Gasteiger partial charge in [0.05, 0.1) is 23.8 Å². The molecule has 0 bridgehead atoms. The van der Waals surface area contributed by atoms with E-state index >= 15 is 0 Å². The predicted octanol–water partition coefficient (Wildman–Crippen LogP) is 6.49. The molecule has 1 saturated heterocycles. The third-order valence-electron chi connectivity index (χ3n) is 5.82. The smallest absolute Gasteiger partial charge is 0.379 e. The molecule has 1 aromatic carbocycles. The summed E-state index contributed by atoms with van der Waals surface area (Å²) in [5.41, 5.74) is -3.07. The van der Waals surface area contributed by atoms with E-state index in [1.165, 1.54) is 6.42 Å². The molecule has 11 heteroatoms. The highest BCUT2D eigenvalue weighted by Gasteiger charge is 2.37. The van der Waals surface area contributed by atoms with Crippen molar-refractivity contribution in [2.24, 2.45) is 0 Å². The van der Waals surface area contributed by atoms with Crippen LogP contribution in [0.15, 0.2) is 18.2 Å². The minimum Gasteiger partial charge on any atom is -0.379 e. The summed E-state index contributed by atoms with van der Waals surface area (Å²) in [4.78, 5) is 12.3. The average Bonchev–Trinajstić information content (AvgIpc) is 2.84. The van der Waals surface area contributed by atoms with E-state index in [0.29, 0.717) is 31.8 Å². The maximum Gasteiger partial charge on any atom is 0.416 e. The number of rotatable bonds is 11. The van der Waals surface area contributed by atoms with E-state index in [1.54, 1.807) is 7.11 Å². The van der Waals surface area contributed by atoms with Crippen LogP contribution in [0, 0.1) is 0 Å². The van der Waals surface area contributed by atoms with Crippen molar-refractivity contribution in [3.05, 3.63) is 34.9 Å². The second-order valence-corrected chi connectivity index (χ2v) is 9.19. The highest BCUT2D eigenvalue weighted by molar-refractivity contribution is 5.75. The van der Waals surface area contributed by atoms with Crippen molar-refractivity contribution in [1.82, 2.24) is 10.6 Å². The lowest BCUT2D eigenvalue weighted by Crippen LogP contribution is -2.51. The Kier molecular flexibility index (Phi) is 14.5. The first-order chi connectivity index (χ1) is 17.3. The number of carbonyl (C=O) groups excluding carboxylic acids is 1. The number of methoxy groups -OCH3 is 1. The van der Waals surface area contributed by atoms with Gasteiger partial charge in [-0.25, -0.2) is 0 Å². The fraction of sp³-hybridized carbons (Fsp3) is 0.731. The van der Waals surface area contributed by atoms with Gasteiger partial charge in [0, 0.05) is 38.8 Å². The maximum absolute atomic E-state index is 13.0. The van der Waals surface area contributed by atoms with E-state index in [-0.39, 0.29) is 36.2 Å². The zero-order chi connectivity index (χ0) is 28.1. The Labute approximate surface area is 215 Å². The third-order valence-corrected chi connectivity index (χ3v) is 5.82. The van der Waals surface area contributed by atoms with Gasteiger partial charge in [0.15, 0.2) is 0 Å². The minimum absolute atomic E-state index is 0.0249. The van der Waals surface area contributed by atoms with Crippen LogP contribution >= 0.6 is 0 Å². The Morgan fingerprint density at radius 3 is 2.16 bits per heavy atom. The van der Waals surface area contributed by atoms with E-state index < -0.39 is 35.9 Å². The van der Waals surface area contributed by atoms with E-state index in [2.05, 4.69) is 31.4 Å². The summed E-state index contributed by atoms with van der Waals surface area (Å²) in [5, 5.41) is 5.98. The van der Waals surface area contributed by atoms with Crippen LogP contribution in [-0.2, 0) is 33.2 Å². The first-order valence-electron chi connectivity index (χ1n) is 12.8. The molecule has 1 heterocycles. The number of nitrogens with one attached hydrogen (secondary N) is 2. The summed E-state index contributed by atoms with van der Waals surface area (Å²) in [6.07, 6.45) is -4.61. The van der Waals surface area contributed by atoms with Gasteiger partial charge in [-0.1, -0.05) is 40.0 Å². The molecule has 0 spiro atoms. The van der Waals surface area contributed by atoms with Crippen molar-refractivity contribution in [3.63, 3.8) is 0 Å². The normalized spacial score (nSPS) is 19.1. The van der Waals surface area contributed by atoms with Gasteiger partial charge in [-0.15, -0.1) is 0 Å². The molecule has 214 valence electrons. The number of hydrogen-bond acceptors (Lipinski definition) is 4. The second-order valence-electron chi connectivity index (χ2n) is 9.19. The van der Waals surface area contributed by atoms with Crippen molar-refractivity contribution in [2.75, 3.05) is 20.3 Å². The lowest BCUT2D eigenvalue weighted by molar-refractivity contribution is -0.143. The number of alkyl halides is 6. The van der Waals surface area contributed by atoms with Crippen molar-refractivity contribution in [2.45, 2.75) is 103 Å². The van der Waals surface area contributed by atoms with E-state index in [4.69, 9.17) is 9.47 Å². The van der Waals surface area contributed by atoms with Crippen LogP contribution in [-0.4, -0.2) is 44.4 Å². The number of benzene rings is 1. The summed E-state index contributed by atoms with van der Waals surface area (Å²) in [6.45, 7) is 6.96. The molecule has 0 aliphatic carbocycles. The first kappa shape index (κ1) is 33.2. The summed E-state index contributed by atoms with van der Waals surface area (Å²) >= 11 is 0. The largest absolute Gasteiger partial charge is 0.416 e. The molecule has 0 radical (unpaired) electrons. The Balaban J connectivity index is 0.00000217. The highest BCUT2D eigenvalue weighted by Crippen LogP contribution is 2.36. The van der Waals surface area contributed by atoms with Crippen LogP contribution < -0.4 is 10.6 Å². The number of carbonyl (C=O) groups is 1. The van der Waals surface area contributed by atoms with Gasteiger partial charge >= 0.3 is 12.4 Å². The van der Waals surface area contributed by atoms with Gasteiger partial charge in [-0.2, -0.15) is 26.3 Å². The molecule has 3 unspecified atom stereocenters. The highest BCUT2D eigenvalue weighted by atomic mass is 19.4. The lowest BCUT2D eigenvalue weighted by Gasteiger charge is -2.34. The molecule has 0 saturated carbocycles. The van der Waals surface area contributed by atoms with Gasteiger partial charge in [-0.05, 0) is 43.0 Å². The maximum atomic E-state index is 13.0. The van der Waals surface area contributed by atoms with E-state index in [1.807, 2.05) is 0 Å². The topological polar surface area (TPSA) is 59.6 Å². The molecule has 37 heavy (non-hydrogen) atoms. The molecule has 1 amide bonds. The second kappa shape index (κ2) is 16.2. The van der Waals surface area contributed by atoms with Gasteiger partial charge in [0.1, 0.15) is 0 Å². The van der Waals surface area contributed by atoms with Gasteiger partial charge in [-0.3, -0.25) is 4.79 Å². The van der Waals surface area contributed by atoms with Crippen molar-refractivity contribution in [1.29, 1.82) is 0 Å². The molecule has 2 N–H and O–H groups in total. The zero-order valence-corrected chi connectivity index (χ0v) is 22.0. The van der Waals surface area contributed by atoms with Crippen molar-refractivity contribution < 1.29 is 40.6 Å². The molecular weight excluding hydrogens is 502 g/mol. The number of halogens is 6. The molecule has 1 fully saturated rings. The molecule has 1 aromatic rings. The fourth-order valence-electron chi connectivity index (χ4n) is 3.91. The Morgan fingerprint density at radius 1 is 1.05 bits per heavy atom. The van der Waals surface area contributed by atoms with Crippen LogP contribution in [0.4, 0.5) is 26.3 Å². The van der Waals surface area contributed by atoms with Crippen LogP contribution in [0.2, 0.25) is 0 Å². The predicted molar refractivity (Wildman–Crippen MR) is 130 cm³/mol. The first-order valence-corrected chi connectivity index (χ1v) is 12.8. The van der Waals surface area contributed by atoms with Gasteiger partial charge < -0.3 is 20.1 Å². The zero-order valence-electron chi connectivity index (χ0n) is 22.0. The van der Waals surface area contributed by atoms with Crippen LogP contribution in [0.25, 0.3) is 0 Å². The SMILES string of the molecule is CCC.CCCCC(CCC(=O)NCc1cc(C(F)(F)F)cc(C(F)(F)F)c1)NC1CCOCC1OC. The van der Waals surface area contributed by atoms with Gasteiger partial charge in [0.25, 0.3) is 0 Å². The lowest BCUT2D eigenvalue weighted by atomic mass is 9.99. The molecule has 2 rings (SSSR count). The molecule has 3 atom stereocenters. The average molecular weight is 543 g/mol. The van der Waals surface area contributed by atoms with E-state index in [0.717, 1.165) is 25.7 Å². The van der Waals surface area contributed by atoms with E-state index in [9.17, 15) is 31.1 Å². The van der Waals surface area contributed by atoms with Gasteiger partial charge in [0.2, 0.25) is 5.91 Å². The Hall–Kier alpha value is -1.85. The summed E-state index contributed by atoms with van der Waals surface area (Å²) in [6, 6.07) is 1.42. The molecular formula is C26H40F6N2O3. The molecule has 1 aliphatic heterocycles. The summed E-state index contributed by atoms with van der Waals surface area (Å²) in [7, 11) is 1.61. The standard InChI is InChI=1S/C23H32F6N2O3.C3H8/c1-3-4-5-18(31-19-8-9-34-14-20(19)33-2)6-7-21(32)30-13-15-10-16(22(24,25)26)12-17(11-15)23(27,28)29;1-3-2/h10-12,18-20,31H,3-9,13-14H2,1-2H3,(H,30,32);3H2,1-2H3. The Bertz CT molecular complexity index is 769. The number of ether oxygens (including phenoxy) is 2. The van der Waals surface area contributed by atoms with Crippen molar-refractivity contribution in [3.8, 4) is 0 Å². The quantitative estimate of drug-likeness (QED) is 0.314. The minimum atomic E-state index is -4.93. The fourth-order valence-corrected chi connectivity index (χ4v) is 3.91. The number of unbranched alkanes of at least 4 members (excludes halogenated alkanes) is 1. The van der Waals surface area contributed by atoms with Crippen LogP contribution in [0.1, 0.15) is 82.4 Å². The Morgan fingerprint density at radius 2 is 1.65 bits per heavy atom. The number of amides is 1. The molecule has 0 aromatic heterocycles. The molecule has 5 nitrogen and oxygen atoms in total. The molecule has 1 aliphatic rings. The van der Waals surface area contributed by atoms with Crippen molar-refractivity contribution >= 4 is 5.91 Å². The monoisotopic (exact) mass is 542 g/mol.